The van der Waals surface area contributed by atoms with Gasteiger partial charge in [-0.2, -0.15) is 0 Å². The predicted molar refractivity (Wildman–Crippen MR) is 85.1 cm³/mol. The predicted octanol–water partition coefficient (Wildman–Crippen LogP) is 3.67. The SMILES string of the molecule is C[C@H](NCc1ccc2c(c1)CCN2C)c1ccc(F)cc1. The van der Waals surface area contributed by atoms with Gasteiger partial charge in [0.15, 0.2) is 0 Å². The molecule has 1 N–H and O–H groups in total. The summed E-state index contributed by atoms with van der Waals surface area (Å²) in [5, 5.41) is 3.50. The molecule has 2 aromatic rings. The van der Waals surface area contributed by atoms with Crippen LogP contribution in [-0.4, -0.2) is 13.6 Å². The lowest BCUT2D eigenvalue weighted by atomic mass is 10.1. The van der Waals surface area contributed by atoms with Crippen molar-refractivity contribution in [2.75, 3.05) is 18.5 Å². The fourth-order valence-electron chi connectivity index (χ4n) is 2.87. The number of likely N-dealkylation sites (N-methyl/N-ethyl adjacent to an activating group) is 1. The van der Waals surface area contributed by atoms with Gasteiger partial charge in [-0.15, -0.1) is 0 Å². The third kappa shape index (κ3) is 3.08. The maximum atomic E-state index is 12.9. The van der Waals surface area contributed by atoms with Gasteiger partial charge in [0, 0.05) is 31.9 Å². The molecular weight excluding hydrogens is 263 g/mol. The van der Waals surface area contributed by atoms with Crippen LogP contribution in [0, 0.1) is 5.82 Å². The summed E-state index contributed by atoms with van der Waals surface area (Å²) in [7, 11) is 2.14. The van der Waals surface area contributed by atoms with E-state index in [9.17, 15) is 4.39 Å². The minimum absolute atomic E-state index is 0.186. The summed E-state index contributed by atoms with van der Waals surface area (Å²) in [4.78, 5) is 2.30. The molecule has 0 bridgehead atoms. The van der Waals surface area contributed by atoms with E-state index in [-0.39, 0.29) is 11.9 Å². The van der Waals surface area contributed by atoms with Crippen molar-refractivity contribution in [3.63, 3.8) is 0 Å². The molecule has 2 aromatic carbocycles. The molecule has 0 aliphatic carbocycles. The number of hydrogen-bond donors (Lipinski definition) is 1. The summed E-state index contributed by atoms with van der Waals surface area (Å²) < 4.78 is 12.9. The highest BCUT2D eigenvalue weighted by atomic mass is 19.1. The highest BCUT2D eigenvalue weighted by Crippen LogP contribution is 2.27. The zero-order chi connectivity index (χ0) is 14.8. The average molecular weight is 284 g/mol. The molecule has 1 aliphatic rings. The van der Waals surface area contributed by atoms with Crippen molar-refractivity contribution in [3.05, 3.63) is 65.0 Å². The number of benzene rings is 2. The van der Waals surface area contributed by atoms with Crippen molar-refractivity contribution in [1.82, 2.24) is 5.32 Å². The normalized spacial score (nSPS) is 15.1. The van der Waals surface area contributed by atoms with Gasteiger partial charge in [0.25, 0.3) is 0 Å². The third-order valence-electron chi connectivity index (χ3n) is 4.25. The van der Waals surface area contributed by atoms with Gasteiger partial charge >= 0.3 is 0 Å². The monoisotopic (exact) mass is 284 g/mol. The van der Waals surface area contributed by atoms with E-state index >= 15 is 0 Å². The van der Waals surface area contributed by atoms with E-state index in [0.717, 1.165) is 25.1 Å². The van der Waals surface area contributed by atoms with Gasteiger partial charge in [-0.05, 0) is 48.2 Å². The van der Waals surface area contributed by atoms with Gasteiger partial charge in [-0.1, -0.05) is 24.3 Å². The fourth-order valence-corrected chi connectivity index (χ4v) is 2.87. The maximum absolute atomic E-state index is 12.9. The van der Waals surface area contributed by atoms with Gasteiger partial charge in [0.2, 0.25) is 0 Å². The Kier molecular flexibility index (Phi) is 3.93. The van der Waals surface area contributed by atoms with Crippen LogP contribution in [0.5, 0.6) is 0 Å². The smallest absolute Gasteiger partial charge is 0.123 e. The molecule has 110 valence electrons. The topological polar surface area (TPSA) is 15.3 Å². The molecule has 0 amide bonds. The van der Waals surface area contributed by atoms with Crippen molar-refractivity contribution in [3.8, 4) is 0 Å². The molecule has 2 nitrogen and oxygen atoms in total. The Bertz CT molecular complexity index is 622. The van der Waals surface area contributed by atoms with Crippen LogP contribution in [0.2, 0.25) is 0 Å². The molecule has 1 heterocycles. The summed E-state index contributed by atoms with van der Waals surface area (Å²) >= 11 is 0. The number of rotatable bonds is 4. The number of nitrogens with zero attached hydrogens (tertiary/aromatic N) is 1. The number of nitrogens with one attached hydrogen (secondary N) is 1. The minimum atomic E-state index is -0.186. The summed E-state index contributed by atoms with van der Waals surface area (Å²) in [6.45, 7) is 4.04. The van der Waals surface area contributed by atoms with Crippen molar-refractivity contribution in [2.24, 2.45) is 0 Å². The highest BCUT2D eigenvalue weighted by molar-refractivity contribution is 5.58. The molecule has 3 rings (SSSR count). The van der Waals surface area contributed by atoms with Crippen molar-refractivity contribution < 1.29 is 4.39 Å². The summed E-state index contributed by atoms with van der Waals surface area (Å²) in [5.74, 6) is -0.186. The lowest BCUT2D eigenvalue weighted by molar-refractivity contribution is 0.571. The molecular formula is C18H21FN2. The van der Waals surface area contributed by atoms with Gasteiger partial charge in [-0.25, -0.2) is 4.39 Å². The van der Waals surface area contributed by atoms with E-state index in [1.54, 1.807) is 0 Å². The first-order valence-electron chi connectivity index (χ1n) is 7.45. The minimum Gasteiger partial charge on any atom is -0.374 e. The Labute approximate surface area is 125 Å². The second-order valence-electron chi connectivity index (χ2n) is 5.79. The number of hydrogen-bond acceptors (Lipinski definition) is 2. The van der Waals surface area contributed by atoms with Crippen molar-refractivity contribution in [2.45, 2.75) is 25.9 Å². The second kappa shape index (κ2) is 5.86. The summed E-state index contributed by atoms with van der Waals surface area (Å²) in [6, 6.07) is 13.6. The molecule has 1 atom stereocenters. The maximum Gasteiger partial charge on any atom is 0.123 e. The zero-order valence-electron chi connectivity index (χ0n) is 12.6. The number of anilines is 1. The Morgan fingerprint density at radius 2 is 1.95 bits per heavy atom. The van der Waals surface area contributed by atoms with Gasteiger partial charge in [0.1, 0.15) is 5.82 Å². The fraction of sp³-hybridized carbons (Fsp3) is 0.333. The summed E-state index contributed by atoms with van der Waals surface area (Å²) in [5.41, 5.74) is 5.20. The van der Waals surface area contributed by atoms with Crippen LogP contribution in [0.3, 0.4) is 0 Å². The van der Waals surface area contributed by atoms with Crippen molar-refractivity contribution in [1.29, 1.82) is 0 Å². The van der Waals surface area contributed by atoms with Gasteiger partial charge < -0.3 is 10.2 Å². The Morgan fingerprint density at radius 3 is 2.71 bits per heavy atom. The number of fused-ring (bicyclic) bond motifs is 1. The van der Waals surface area contributed by atoms with E-state index in [0.29, 0.717) is 0 Å². The van der Waals surface area contributed by atoms with Crippen molar-refractivity contribution >= 4 is 5.69 Å². The molecule has 0 unspecified atom stereocenters. The lowest BCUT2D eigenvalue weighted by Crippen LogP contribution is -2.18. The van der Waals surface area contributed by atoms with Crippen LogP contribution in [0.1, 0.15) is 29.7 Å². The van der Waals surface area contributed by atoms with E-state index < -0.39 is 0 Å². The van der Waals surface area contributed by atoms with Gasteiger partial charge in [0.05, 0.1) is 0 Å². The van der Waals surface area contributed by atoms with Crippen LogP contribution in [0.15, 0.2) is 42.5 Å². The highest BCUT2D eigenvalue weighted by Gasteiger charge is 2.15. The average Bonchev–Trinajstić information content (AvgIpc) is 2.86. The van der Waals surface area contributed by atoms with E-state index in [1.165, 1.54) is 28.9 Å². The first-order chi connectivity index (χ1) is 10.1. The van der Waals surface area contributed by atoms with Gasteiger partial charge in [-0.3, -0.25) is 0 Å². The Morgan fingerprint density at radius 1 is 1.19 bits per heavy atom. The lowest BCUT2D eigenvalue weighted by Gasteiger charge is -2.16. The van der Waals surface area contributed by atoms with E-state index in [2.05, 4.69) is 42.4 Å². The van der Waals surface area contributed by atoms with E-state index in [1.807, 2.05) is 12.1 Å². The third-order valence-corrected chi connectivity index (χ3v) is 4.25. The van der Waals surface area contributed by atoms with E-state index in [4.69, 9.17) is 0 Å². The molecule has 1 aliphatic heterocycles. The van der Waals surface area contributed by atoms with Crippen LogP contribution >= 0.6 is 0 Å². The zero-order valence-corrected chi connectivity index (χ0v) is 12.6. The van der Waals surface area contributed by atoms with Crippen LogP contribution in [0.4, 0.5) is 10.1 Å². The first-order valence-corrected chi connectivity index (χ1v) is 7.45. The standard InChI is InChI=1S/C18H21FN2/c1-13(15-4-6-17(19)7-5-15)20-12-14-3-8-18-16(11-14)9-10-21(18)2/h3-8,11,13,20H,9-10,12H2,1-2H3/t13-/m0/s1. The molecule has 0 saturated carbocycles. The summed E-state index contributed by atoms with van der Waals surface area (Å²) in [6.07, 6.45) is 1.13. The molecule has 21 heavy (non-hydrogen) atoms. The molecule has 0 saturated heterocycles. The molecule has 0 aromatic heterocycles. The number of halogens is 1. The molecule has 0 spiro atoms. The molecule has 3 heteroatoms. The largest absolute Gasteiger partial charge is 0.374 e. The quantitative estimate of drug-likeness (QED) is 0.921. The Balaban J connectivity index is 1.64. The van der Waals surface area contributed by atoms with Crippen LogP contribution in [-0.2, 0) is 13.0 Å². The Hall–Kier alpha value is -1.87. The van der Waals surface area contributed by atoms with Crippen LogP contribution < -0.4 is 10.2 Å². The second-order valence-corrected chi connectivity index (χ2v) is 5.79. The molecule has 0 fully saturated rings. The first kappa shape index (κ1) is 14.1. The molecule has 0 radical (unpaired) electrons. The van der Waals surface area contributed by atoms with Crippen LogP contribution in [0.25, 0.3) is 0 Å².